The van der Waals surface area contributed by atoms with Crippen molar-refractivity contribution in [1.29, 1.82) is 0 Å². The van der Waals surface area contributed by atoms with E-state index < -0.39 is 15.8 Å². The minimum absolute atomic E-state index is 0.0337. The molecule has 0 bridgehead atoms. The molecule has 1 aromatic carbocycles. The molecule has 1 rings (SSSR count). The van der Waals surface area contributed by atoms with Crippen molar-refractivity contribution in [3.63, 3.8) is 0 Å². The van der Waals surface area contributed by atoms with Gasteiger partial charge in [0.1, 0.15) is 5.75 Å². The molecule has 0 heterocycles. The van der Waals surface area contributed by atoms with Gasteiger partial charge < -0.3 is 4.74 Å². The predicted octanol–water partition coefficient (Wildman–Crippen LogP) is 1.66. The van der Waals surface area contributed by atoms with Crippen LogP contribution in [-0.2, 0) is 14.6 Å². The van der Waals surface area contributed by atoms with Crippen LogP contribution < -0.4 is 0 Å². The van der Waals surface area contributed by atoms with Gasteiger partial charge in [-0.15, -0.1) is 6.42 Å². The van der Waals surface area contributed by atoms with Gasteiger partial charge in [-0.25, -0.2) is 13.2 Å². The molecule has 0 N–H and O–H groups in total. The molecule has 0 unspecified atom stereocenters. The van der Waals surface area contributed by atoms with Crippen molar-refractivity contribution < 1.29 is 17.9 Å². The van der Waals surface area contributed by atoms with Gasteiger partial charge in [0.25, 0.3) is 0 Å². The Hall–Kier alpha value is -1.80. The summed E-state index contributed by atoms with van der Waals surface area (Å²) in [5, 5.41) is 0. The Labute approximate surface area is 107 Å². The lowest BCUT2D eigenvalue weighted by Gasteiger charge is -2.05. The molecule has 0 aliphatic rings. The summed E-state index contributed by atoms with van der Waals surface area (Å²) in [5.41, 5.74) is 0.210. The first-order valence-corrected chi connectivity index (χ1v) is 7.10. The summed E-state index contributed by atoms with van der Waals surface area (Å²) in [6, 6.07) is 5.69. The summed E-state index contributed by atoms with van der Waals surface area (Å²) < 4.78 is 28.4. The molecule has 0 fully saturated rings. The minimum atomic E-state index is -3.53. The van der Waals surface area contributed by atoms with E-state index in [1.54, 1.807) is 0 Å². The molecule has 0 saturated heterocycles. The Morgan fingerprint density at radius 3 is 2.78 bits per heavy atom. The molecule has 4 nitrogen and oxygen atoms in total. The van der Waals surface area contributed by atoms with E-state index in [0.717, 1.165) is 0 Å². The predicted molar refractivity (Wildman–Crippen MR) is 67.9 cm³/mol. The van der Waals surface area contributed by atoms with Gasteiger partial charge >= 0.3 is 5.97 Å². The van der Waals surface area contributed by atoms with Crippen molar-refractivity contribution in [3.8, 4) is 12.3 Å². The molecular formula is C13H14O4S. The molecule has 0 spiro atoms. The third-order valence-electron chi connectivity index (χ3n) is 2.14. The molecule has 0 aliphatic heterocycles. The summed E-state index contributed by atoms with van der Waals surface area (Å²) in [6.45, 7) is 2.18. The SMILES string of the molecule is C#CCS(=O)(=O)c1cccc(C(=O)OCCC)c1. The highest BCUT2D eigenvalue weighted by atomic mass is 32.2. The van der Waals surface area contributed by atoms with E-state index >= 15 is 0 Å². The summed E-state index contributed by atoms with van der Waals surface area (Å²) in [7, 11) is -3.53. The second kappa shape index (κ2) is 6.22. The van der Waals surface area contributed by atoms with Crippen molar-refractivity contribution in [2.24, 2.45) is 0 Å². The van der Waals surface area contributed by atoms with Crippen molar-refractivity contribution in [2.75, 3.05) is 12.4 Å². The van der Waals surface area contributed by atoms with Gasteiger partial charge in [0, 0.05) is 0 Å². The highest BCUT2D eigenvalue weighted by Crippen LogP contribution is 2.14. The molecular weight excluding hydrogens is 252 g/mol. The van der Waals surface area contributed by atoms with E-state index in [1.807, 2.05) is 6.92 Å². The number of esters is 1. The molecule has 5 heteroatoms. The van der Waals surface area contributed by atoms with E-state index in [-0.39, 0.29) is 16.2 Å². The van der Waals surface area contributed by atoms with Crippen LogP contribution in [-0.4, -0.2) is 26.7 Å². The van der Waals surface area contributed by atoms with Crippen molar-refractivity contribution in [2.45, 2.75) is 18.2 Å². The Bertz CT molecular complexity index is 567. The molecule has 0 atom stereocenters. The highest BCUT2D eigenvalue weighted by molar-refractivity contribution is 7.91. The molecule has 18 heavy (non-hydrogen) atoms. The smallest absolute Gasteiger partial charge is 0.338 e. The van der Waals surface area contributed by atoms with Gasteiger partial charge in [-0.2, -0.15) is 0 Å². The van der Waals surface area contributed by atoms with E-state index in [2.05, 4.69) is 5.92 Å². The van der Waals surface area contributed by atoms with E-state index in [9.17, 15) is 13.2 Å². The molecule has 96 valence electrons. The maximum atomic E-state index is 11.7. The fourth-order valence-electron chi connectivity index (χ4n) is 1.29. The largest absolute Gasteiger partial charge is 0.462 e. The normalized spacial score (nSPS) is 10.7. The first-order chi connectivity index (χ1) is 8.51. The highest BCUT2D eigenvalue weighted by Gasteiger charge is 2.15. The molecule has 0 radical (unpaired) electrons. The van der Waals surface area contributed by atoms with Crippen LogP contribution >= 0.6 is 0 Å². The third kappa shape index (κ3) is 3.60. The Morgan fingerprint density at radius 1 is 1.44 bits per heavy atom. The van der Waals surface area contributed by atoms with Gasteiger partial charge in [-0.05, 0) is 24.6 Å². The lowest BCUT2D eigenvalue weighted by atomic mass is 10.2. The standard InChI is InChI=1S/C13H14O4S/c1-3-8-17-13(14)11-6-5-7-12(10-11)18(15,16)9-4-2/h2,5-7,10H,3,8-9H2,1H3. The van der Waals surface area contributed by atoms with Crippen molar-refractivity contribution >= 4 is 15.8 Å². The Morgan fingerprint density at radius 2 is 2.17 bits per heavy atom. The van der Waals surface area contributed by atoms with E-state index in [1.165, 1.54) is 24.3 Å². The summed E-state index contributed by atoms with van der Waals surface area (Å²) in [4.78, 5) is 11.6. The first kappa shape index (κ1) is 14.3. The van der Waals surface area contributed by atoms with Gasteiger partial charge in [0.15, 0.2) is 9.84 Å². The summed E-state index contributed by atoms with van der Waals surface area (Å²) in [6.07, 6.45) is 5.70. The monoisotopic (exact) mass is 266 g/mol. The third-order valence-corrected chi connectivity index (χ3v) is 3.66. The average molecular weight is 266 g/mol. The molecule has 1 aromatic rings. The maximum Gasteiger partial charge on any atom is 0.338 e. The lowest BCUT2D eigenvalue weighted by Crippen LogP contribution is -2.09. The zero-order valence-electron chi connectivity index (χ0n) is 10.0. The van der Waals surface area contributed by atoms with Gasteiger partial charge in [0.2, 0.25) is 0 Å². The number of terminal acetylenes is 1. The zero-order valence-corrected chi connectivity index (χ0v) is 10.9. The van der Waals surface area contributed by atoms with Crippen LogP contribution in [0.2, 0.25) is 0 Å². The molecule has 0 aliphatic carbocycles. The average Bonchev–Trinajstić information content (AvgIpc) is 2.36. The summed E-state index contributed by atoms with van der Waals surface area (Å²) >= 11 is 0. The van der Waals surface area contributed by atoms with Crippen LogP contribution in [0.15, 0.2) is 29.2 Å². The Balaban J connectivity index is 3.00. The Kier molecular flexibility index (Phi) is 4.93. The van der Waals surface area contributed by atoms with Crippen LogP contribution in [0.3, 0.4) is 0 Å². The van der Waals surface area contributed by atoms with E-state index in [4.69, 9.17) is 11.2 Å². The van der Waals surface area contributed by atoms with Gasteiger partial charge in [0.05, 0.1) is 17.1 Å². The number of hydrogen-bond acceptors (Lipinski definition) is 4. The molecule has 0 saturated carbocycles. The van der Waals surface area contributed by atoms with Crippen LogP contribution in [0.25, 0.3) is 0 Å². The molecule has 0 amide bonds. The second-order valence-corrected chi connectivity index (χ2v) is 5.62. The zero-order chi connectivity index (χ0) is 13.6. The lowest BCUT2D eigenvalue weighted by molar-refractivity contribution is 0.0505. The summed E-state index contributed by atoms with van der Waals surface area (Å²) in [5.74, 6) is 1.16. The van der Waals surface area contributed by atoms with Crippen LogP contribution in [0, 0.1) is 12.3 Å². The topological polar surface area (TPSA) is 60.4 Å². The van der Waals surface area contributed by atoms with Crippen molar-refractivity contribution in [3.05, 3.63) is 29.8 Å². The fraction of sp³-hybridized carbons (Fsp3) is 0.308. The number of benzene rings is 1. The van der Waals surface area contributed by atoms with Crippen LogP contribution in [0.5, 0.6) is 0 Å². The molecule has 0 aromatic heterocycles. The quantitative estimate of drug-likeness (QED) is 0.600. The van der Waals surface area contributed by atoms with Crippen LogP contribution in [0.4, 0.5) is 0 Å². The number of carbonyl (C=O) groups excluding carboxylic acids is 1. The van der Waals surface area contributed by atoms with Crippen LogP contribution in [0.1, 0.15) is 23.7 Å². The van der Waals surface area contributed by atoms with Crippen molar-refractivity contribution in [1.82, 2.24) is 0 Å². The number of carbonyl (C=O) groups is 1. The number of ether oxygens (including phenoxy) is 1. The number of hydrogen-bond donors (Lipinski definition) is 0. The first-order valence-electron chi connectivity index (χ1n) is 5.44. The van der Waals surface area contributed by atoms with E-state index in [0.29, 0.717) is 13.0 Å². The second-order valence-electron chi connectivity index (χ2n) is 3.63. The maximum absolute atomic E-state index is 11.7. The number of rotatable bonds is 5. The number of sulfone groups is 1. The minimum Gasteiger partial charge on any atom is -0.462 e. The van der Waals surface area contributed by atoms with Gasteiger partial charge in [-0.1, -0.05) is 18.9 Å². The fourth-order valence-corrected chi connectivity index (χ4v) is 2.27. The van der Waals surface area contributed by atoms with Gasteiger partial charge in [-0.3, -0.25) is 0 Å².